The molecule has 2 aliphatic carbocycles. The van der Waals surface area contributed by atoms with E-state index < -0.39 is 0 Å². The third-order valence-electron chi connectivity index (χ3n) is 7.00. The van der Waals surface area contributed by atoms with Crippen molar-refractivity contribution in [1.82, 2.24) is 15.5 Å². The second-order valence-corrected chi connectivity index (χ2v) is 9.05. The zero-order valence-electron chi connectivity index (χ0n) is 17.6. The summed E-state index contributed by atoms with van der Waals surface area (Å²) >= 11 is 0. The van der Waals surface area contributed by atoms with Crippen LogP contribution in [0.4, 0.5) is 0 Å². The lowest BCUT2D eigenvalue weighted by molar-refractivity contribution is -0.138. The van der Waals surface area contributed by atoms with Crippen LogP contribution in [0.3, 0.4) is 0 Å². The quantitative estimate of drug-likeness (QED) is 0.671. The van der Waals surface area contributed by atoms with Crippen LogP contribution in [0.1, 0.15) is 77.6 Å². The molecule has 0 aromatic rings. The van der Waals surface area contributed by atoms with Gasteiger partial charge >= 0.3 is 0 Å². The molecule has 3 fully saturated rings. The second-order valence-electron chi connectivity index (χ2n) is 9.05. The standard InChI is InChI=1S/C22H39N3O2.ClH/c1-2-23-16-18-11-13-25(14-12-18)22(27)19-7-9-20(10-8-19)24-21(26)15-17-5-3-4-6-17;/h17-20,23H,2-16H2,1H3,(H,24,26);1H. The first-order chi connectivity index (χ1) is 13.2. The highest BCUT2D eigenvalue weighted by molar-refractivity contribution is 5.85. The molecule has 28 heavy (non-hydrogen) atoms. The first-order valence-corrected chi connectivity index (χ1v) is 11.4. The van der Waals surface area contributed by atoms with E-state index in [0.29, 0.717) is 18.2 Å². The van der Waals surface area contributed by atoms with Gasteiger partial charge in [0.25, 0.3) is 0 Å². The first kappa shape index (κ1) is 23.5. The minimum atomic E-state index is 0. The Morgan fingerprint density at radius 3 is 2.14 bits per heavy atom. The Morgan fingerprint density at radius 1 is 0.893 bits per heavy atom. The van der Waals surface area contributed by atoms with Crippen LogP contribution in [0.15, 0.2) is 0 Å². The average Bonchev–Trinajstić information content (AvgIpc) is 3.19. The lowest BCUT2D eigenvalue weighted by Crippen LogP contribution is -2.45. The Hall–Kier alpha value is -0.810. The number of hydrogen-bond donors (Lipinski definition) is 2. The summed E-state index contributed by atoms with van der Waals surface area (Å²) in [7, 11) is 0. The summed E-state index contributed by atoms with van der Waals surface area (Å²) in [5.41, 5.74) is 0. The van der Waals surface area contributed by atoms with Crippen LogP contribution in [0.5, 0.6) is 0 Å². The SMILES string of the molecule is CCNCC1CCN(C(=O)C2CCC(NC(=O)CC3CCCC3)CC2)CC1.Cl. The van der Waals surface area contributed by atoms with E-state index in [2.05, 4.69) is 22.5 Å². The van der Waals surface area contributed by atoms with Gasteiger partial charge in [0.2, 0.25) is 11.8 Å². The second kappa shape index (κ2) is 12.0. The molecule has 6 heteroatoms. The molecule has 2 N–H and O–H groups in total. The van der Waals surface area contributed by atoms with Gasteiger partial charge in [-0.1, -0.05) is 19.8 Å². The Labute approximate surface area is 177 Å². The molecule has 0 spiro atoms. The summed E-state index contributed by atoms with van der Waals surface area (Å²) in [5.74, 6) is 2.11. The number of nitrogens with one attached hydrogen (secondary N) is 2. The van der Waals surface area contributed by atoms with Crippen molar-refractivity contribution in [3.63, 3.8) is 0 Å². The van der Waals surface area contributed by atoms with Gasteiger partial charge in [-0.25, -0.2) is 0 Å². The number of likely N-dealkylation sites (tertiary alicyclic amines) is 1. The molecule has 0 radical (unpaired) electrons. The molecule has 5 nitrogen and oxygen atoms in total. The summed E-state index contributed by atoms with van der Waals surface area (Å²) in [6, 6.07) is 0.286. The molecular formula is C22H40ClN3O2. The predicted octanol–water partition coefficient (Wildman–Crippen LogP) is 3.51. The molecule has 0 aromatic heterocycles. The summed E-state index contributed by atoms with van der Waals surface area (Å²) in [6.45, 7) is 6.11. The van der Waals surface area contributed by atoms with E-state index in [1.165, 1.54) is 25.7 Å². The van der Waals surface area contributed by atoms with Crippen LogP contribution in [-0.2, 0) is 9.59 Å². The van der Waals surface area contributed by atoms with Crippen LogP contribution in [0.2, 0.25) is 0 Å². The van der Waals surface area contributed by atoms with Crippen molar-refractivity contribution in [3.05, 3.63) is 0 Å². The molecule has 2 saturated carbocycles. The van der Waals surface area contributed by atoms with Crippen LogP contribution in [0.25, 0.3) is 0 Å². The van der Waals surface area contributed by atoms with E-state index in [9.17, 15) is 9.59 Å². The minimum Gasteiger partial charge on any atom is -0.353 e. The Morgan fingerprint density at radius 2 is 1.54 bits per heavy atom. The van der Waals surface area contributed by atoms with Crippen molar-refractivity contribution in [2.45, 2.75) is 83.6 Å². The van der Waals surface area contributed by atoms with E-state index in [1.807, 2.05) is 0 Å². The lowest BCUT2D eigenvalue weighted by atomic mass is 9.84. The Bertz CT molecular complexity index is 480. The van der Waals surface area contributed by atoms with Gasteiger partial charge in [-0.15, -0.1) is 12.4 Å². The third-order valence-corrected chi connectivity index (χ3v) is 7.00. The number of rotatable bonds is 7. The smallest absolute Gasteiger partial charge is 0.225 e. The average molecular weight is 414 g/mol. The monoisotopic (exact) mass is 413 g/mol. The van der Waals surface area contributed by atoms with Crippen molar-refractivity contribution >= 4 is 24.2 Å². The Kier molecular flexibility index (Phi) is 10.1. The molecule has 3 rings (SSSR count). The molecule has 0 bridgehead atoms. The normalized spacial score (nSPS) is 26.7. The van der Waals surface area contributed by atoms with Crippen molar-refractivity contribution in [2.75, 3.05) is 26.2 Å². The van der Waals surface area contributed by atoms with E-state index in [1.54, 1.807) is 0 Å². The number of piperidine rings is 1. The summed E-state index contributed by atoms with van der Waals surface area (Å²) in [6.07, 6.45) is 11.8. The fraction of sp³-hybridized carbons (Fsp3) is 0.909. The molecule has 1 saturated heterocycles. The van der Waals surface area contributed by atoms with Crippen LogP contribution >= 0.6 is 12.4 Å². The molecule has 3 aliphatic rings. The number of nitrogens with zero attached hydrogens (tertiary/aromatic N) is 1. The summed E-state index contributed by atoms with van der Waals surface area (Å²) < 4.78 is 0. The number of halogens is 1. The molecule has 2 amide bonds. The highest BCUT2D eigenvalue weighted by Gasteiger charge is 2.32. The highest BCUT2D eigenvalue weighted by atomic mass is 35.5. The molecule has 0 atom stereocenters. The third kappa shape index (κ3) is 6.91. The molecule has 162 valence electrons. The summed E-state index contributed by atoms with van der Waals surface area (Å²) in [4.78, 5) is 27.2. The van der Waals surface area contributed by atoms with Gasteiger partial charge in [0.1, 0.15) is 0 Å². The number of amides is 2. The van der Waals surface area contributed by atoms with Gasteiger partial charge in [0.05, 0.1) is 0 Å². The zero-order chi connectivity index (χ0) is 19.1. The topological polar surface area (TPSA) is 61.4 Å². The Balaban J connectivity index is 0.00000280. The van der Waals surface area contributed by atoms with Gasteiger partial charge in [0.15, 0.2) is 0 Å². The van der Waals surface area contributed by atoms with E-state index >= 15 is 0 Å². The van der Waals surface area contributed by atoms with Gasteiger partial charge in [-0.3, -0.25) is 9.59 Å². The maximum absolute atomic E-state index is 12.9. The van der Waals surface area contributed by atoms with Gasteiger partial charge in [-0.05, 0) is 76.3 Å². The number of carbonyl (C=O) groups excluding carboxylic acids is 2. The maximum atomic E-state index is 12.9. The summed E-state index contributed by atoms with van der Waals surface area (Å²) in [5, 5.41) is 6.67. The zero-order valence-corrected chi connectivity index (χ0v) is 18.4. The van der Waals surface area contributed by atoms with E-state index in [0.717, 1.165) is 70.6 Å². The van der Waals surface area contributed by atoms with Crippen LogP contribution in [0, 0.1) is 17.8 Å². The number of hydrogen-bond acceptors (Lipinski definition) is 3. The van der Waals surface area contributed by atoms with Crippen molar-refractivity contribution < 1.29 is 9.59 Å². The molecule has 0 aromatic carbocycles. The fourth-order valence-corrected chi connectivity index (χ4v) is 5.21. The first-order valence-electron chi connectivity index (χ1n) is 11.4. The predicted molar refractivity (Wildman–Crippen MR) is 116 cm³/mol. The van der Waals surface area contributed by atoms with Crippen molar-refractivity contribution in [1.29, 1.82) is 0 Å². The van der Waals surface area contributed by atoms with E-state index in [4.69, 9.17) is 0 Å². The molecule has 1 aliphatic heterocycles. The highest BCUT2D eigenvalue weighted by Crippen LogP contribution is 2.30. The number of carbonyl (C=O) groups is 2. The van der Waals surface area contributed by atoms with Gasteiger partial charge < -0.3 is 15.5 Å². The molecule has 1 heterocycles. The fourth-order valence-electron chi connectivity index (χ4n) is 5.21. The molecular weight excluding hydrogens is 374 g/mol. The molecule has 0 unspecified atom stereocenters. The maximum Gasteiger partial charge on any atom is 0.225 e. The lowest BCUT2D eigenvalue weighted by Gasteiger charge is -2.36. The van der Waals surface area contributed by atoms with Gasteiger partial charge in [0, 0.05) is 31.5 Å². The minimum absolute atomic E-state index is 0. The van der Waals surface area contributed by atoms with Crippen molar-refractivity contribution in [2.24, 2.45) is 17.8 Å². The van der Waals surface area contributed by atoms with Gasteiger partial charge in [-0.2, -0.15) is 0 Å². The van der Waals surface area contributed by atoms with Crippen molar-refractivity contribution in [3.8, 4) is 0 Å². The van der Waals surface area contributed by atoms with Crippen LogP contribution < -0.4 is 10.6 Å². The largest absolute Gasteiger partial charge is 0.353 e. The van der Waals surface area contributed by atoms with E-state index in [-0.39, 0.29) is 30.3 Å². The van der Waals surface area contributed by atoms with Crippen LogP contribution in [-0.4, -0.2) is 48.9 Å².